The molecule has 1 aromatic carbocycles. The van der Waals surface area contributed by atoms with Crippen LogP contribution in [-0.2, 0) is 13.6 Å². The molecule has 0 saturated heterocycles. The van der Waals surface area contributed by atoms with Crippen molar-refractivity contribution in [2.24, 2.45) is 7.05 Å². The van der Waals surface area contributed by atoms with Crippen molar-refractivity contribution in [3.63, 3.8) is 0 Å². The number of anilines is 2. The summed E-state index contributed by atoms with van der Waals surface area (Å²) in [4.78, 5) is 0. The van der Waals surface area contributed by atoms with Gasteiger partial charge in [-0.15, -0.1) is 0 Å². The Morgan fingerprint density at radius 3 is 2.88 bits per heavy atom. The van der Waals surface area contributed by atoms with Gasteiger partial charge in [-0.2, -0.15) is 5.10 Å². The molecule has 0 aliphatic rings. The van der Waals surface area contributed by atoms with E-state index < -0.39 is 0 Å². The normalized spacial score (nSPS) is 10.2. The molecule has 1 heterocycles. The van der Waals surface area contributed by atoms with E-state index in [1.165, 1.54) is 0 Å². The van der Waals surface area contributed by atoms with Gasteiger partial charge in [0.1, 0.15) is 11.4 Å². The first-order valence-corrected chi connectivity index (χ1v) is 5.35. The Morgan fingerprint density at radius 2 is 2.24 bits per heavy atom. The minimum atomic E-state index is 0.616. The molecule has 3 N–H and O–H groups in total. The van der Waals surface area contributed by atoms with Crippen molar-refractivity contribution < 1.29 is 4.74 Å². The zero-order chi connectivity index (χ0) is 12.3. The second kappa shape index (κ2) is 4.78. The second-order valence-corrected chi connectivity index (χ2v) is 3.76. The van der Waals surface area contributed by atoms with E-state index in [1.807, 2.05) is 37.5 Å². The van der Waals surface area contributed by atoms with Gasteiger partial charge in [0.25, 0.3) is 0 Å². The van der Waals surface area contributed by atoms with Gasteiger partial charge >= 0.3 is 0 Å². The van der Waals surface area contributed by atoms with Crippen LogP contribution in [0.25, 0.3) is 0 Å². The van der Waals surface area contributed by atoms with Crippen LogP contribution in [0, 0.1) is 0 Å². The predicted octanol–water partition coefficient (Wildman–Crippen LogP) is 1.62. The number of ether oxygens (including phenoxy) is 1. The van der Waals surface area contributed by atoms with Crippen LogP contribution < -0.4 is 15.8 Å². The topological polar surface area (TPSA) is 65.1 Å². The van der Waals surface area contributed by atoms with Gasteiger partial charge in [-0.25, -0.2) is 0 Å². The Balaban J connectivity index is 2.13. The summed E-state index contributed by atoms with van der Waals surface area (Å²) in [6.45, 7) is 0.616. The van der Waals surface area contributed by atoms with Crippen molar-refractivity contribution in [1.29, 1.82) is 0 Å². The number of para-hydroxylation sites is 1. The highest BCUT2D eigenvalue weighted by Crippen LogP contribution is 2.30. The lowest BCUT2D eigenvalue weighted by Crippen LogP contribution is -2.05. The highest BCUT2D eigenvalue weighted by molar-refractivity contribution is 5.73. The number of aryl methyl sites for hydroxylation is 1. The highest BCUT2D eigenvalue weighted by Gasteiger charge is 2.06. The average Bonchev–Trinajstić information content (AvgIpc) is 2.73. The quantitative estimate of drug-likeness (QED) is 0.786. The molecule has 0 aliphatic carbocycles. The van der Waals surface area contributed by atoms with Gasteiger partial charge in [0, 0.05) is 13.2 Å². The third-order valence-electron chi connectivity index (χ3n) is 2.49. The average molecular weight is 232 g/mol. The molecule has 0 bridgehead atoms. The van der Waals surface area contributed by atoms with Gasteiger partial charge in [-0.3, -0.25) is 4.68 Å². The summed E-state index contributed by atoms with van der Waals surface area (Å²) < 4.78 is 7.02. The van der Waals surface area contributed by atoms with Gasteiger partial charge in [-0.05, 0) is 18.2 Å². The molecule has 2 aromatic rings. The summed E-state index contributed by atoms with van der Waals surface area (Å²) in [5.41, 5.74) is 8.33. The van der Waals surface area contributed by atoms with Crippen molar-refractivity contribution in [2.75, 3.05) is 18.2 Å². The summed E-state index contributed by atoms with van der Waals surface area (Å²) in [5.74, 6) is 0.737. The molecule has 90 valence electrons. The van der Waals surface area contributed by atoms with Gasteiger partial charge in [0.05, 0.1) is 25.0 Å². The van der Waals surface area contributed by atoms with E-state index in [9.17, 15) is 0 Å². The molecule has 0 saturated carbocycles. The van der Waals surface area contributed by atoms with Crippen LogP contribution in [0.3, 0.4) is 0 Å². The molecule has 0 aliphatic heterocycles. The minimum Gasteiger partial charge on any atom is -0.495 e. The van der Waals surface area contributed by atoms with E-state index in [0.29, 0.717) is 12.2 Å². The first-order valence-electron chi connectivity index (χ1n) is 5.35. The number of nitrogens with one attached hydrogen (secondary N) is 1. The fourth-order valence-electron chi connectivity index (χ4n) is 1.64. The van der Waals surface area contributed by atoms with Crippen LogP contribution in [0.2, 0.25) is 0 Å². The second-order valence-electron chi connectivity index (χ2n) is 3.76. The molecule has 0 amide bonds. The van der Waals surface area contributed by atoms with Crippen molar-refractivity contribution in [3.8, 4) is 5.75 Å². The van der Waals surface area contributed by atoms with Crippen LogP contribution in [0.15, 0.2) is 30.5 Å². The van der Waals surface area contributed by atoms with Crippen LogP contribution >= 0.6 is 0 Å². The maximum Gasteiger partial charge on any atom is 0.144 e. The van der Waals surface area contributed by atoms with E-state index in [0.717, 1.165) is 17.1 Å². The Bertz CT molecular complexity index is 507. The molecule has 0 fully saturated rings. The number of methoxy groups -OCH3 is 1. The Morgan fingerprint density at radius 1 is 1.41 bits per heavy atom. The van der Waals surface area contributed by atoms with Crippen molar-refractivity contribution >= 4 is 11.4 Å². The standard InChI is InChI=1S/C12H16N4O/c1-16-7-6-9(15-16)8-14-12-10(13)4-3-5-11(12)17-2/h3-7,14H,8,13H2,1-2H3. The molecule has 5 heteroatoms. The number of aromatic nitrogens is 2. The largest absolute Gasteiger partial charge is 0.495 e. The molecular weight excluding hydrogens is 216 g/mol. The fourth-order valence-corrected chi connectivity index (χ4v) is 1.64. The maximum absolute atomic E-state index is 5.90. The molecule has 5 nitrogen and oxygen atoms in total. The van der Waals surface area contributed by atoms with Gasteiger partial charge in [-0.1, -0.05) is 6.07 Å². The maximum atomic E-state index is 5.90. The molecule has 0 radical (unpaired) electrons. The van der Waals surface area contributed by atoms with E-state index in [4.69, 9.17) is 10.5 Å². The number of nitrogen functional groups attached to an aromatic ring is 1. The molecule has 0 spiro atoms. The van der Waals surface area contributed by atoms with Crippen LogP contribution in [-0.4, -0.2) is 16.9 Å². The first kappa shape index (κ1) is 11.3. The van der Waals surface area contributed by atoms with Crippen LogP contribution in [0.5, 0.6) is 5.75 Å². The molecule has 0 unspecified atom stereocenters. The summed E-state index contributed by atoms with van der Waals surface area (Å²) in [5, 5.41) is 7.52. The Hall–Kier alpha value is -2.17. The molecule has 2 rings (SSSR count). The molecule has 1 aromatic heterocycles. The monoisotopic (exact) mass is 232 g/mol. The molecule has 17 heavy (non-hydrogen) atoms. The number of benzene rings is 1. The number of nitrogens with two attached hydrogens (primary N) is 1. The zero-order valence-electron chi connectivity index (χ0n) is 9.97. The smallest absolute Gasteiger partial charge is 0.144 e. The summed E-state index contributed by atoms with van der Waals surface area (Å²) in [6.07, 6.45) is 1.91. The minimum absolute atomic E-state index is 0.616. The number of hydrogen-bond acceptors (Lipinski definition) is 4. The highest BCUT2D eigenvalue weighted by atomic mass is 16.5. The third kappa shape index (κ3) is 2.50. The van der Waals surface area contributed by atoms with Crippen LogP contribution in [0.1, 0.15) is 5.69 Å². The van der Waals surface area contributed by atoms with Crippen molar-refractivity contribution in [3.05, 3.63) is 36.2 Å². The number of nitrogens with zero attached hydrogens (tertiary/aromatic N) is 2. The van der Waals surface area contributed by atoms with E-state index in [2.05, 4.69) is 10.4 Å². The van der Waals surface area contributed by atoms with Gasteiger partial charge in [0.2, 0.25) is 0 Å². The zero-order valence-corrected chi connectivity index (χ0v) is 9.97. The van der Waals surface area contributed by atoms with Crippen molar-refractivity contribution in [1.82, 2.24) is 9.78 Å². The number of rotatable bonds is 4. The first-order chi connectivity index (χ1) is 8.20. The van der Waals surface area contributed by atoms with Crippen LogP contribution in [0.4, 0.5) is 11.4 Å². The summed E-state index contributed by atoms with van der Waals surface area (Å²) >= 11 is 0. The lowest BCUT2D eigenvalue weighted by molar-refractivity contribution is 0.416. The third-order valence-corrected chi connectivity index (χ3v) is 2.49. The summed E-state index contributed by atoms with van der Waals surface area (Å²) in [7, 11) is 3.52. The number of hydrogen-bond donors (Lipinski definition) is 2. The molecule has 0 atom stereocenters. The fraction of sp³-hybridized carbons (Fsp3) is 0.250. The Kier molecular flexibility index (Phi) is 3.18. The predicted molar refractivity (Wildman–Crippen MR) is 67.9 cm³/mol. The SMILES string of the molecule is COc1cccc(N)c1NCc1ccn(C)n1. The van der Waals surface area contributed by atoms with Gasteiger partial charge < -0.3 is 15.8 Å². The van der Waals surface area contributed by atoms with Gasteiger partial charge in [0.15, 0.2) is 0 Å². The Labute approximate surface area is 100 Å². The lowest BCUT2D eigenvalue weighted by atomic mass is 10.2. The van der Waals surface area contributed by atoms with E-state index >= 15 is 0 Å². The lowest BCUT2D eigenvalue weighted by Gasteiger charge is -2.12. The summed E-state index contributed by atoms with van der Waals surface area (Å²) in [6, 6.07) is 7.53. The van der Waals surface area contributed by atoms with E-state index in [-0.39, 0.29) is 0 Å². The van der Waals surface area contributed by atoms with Crippen molar-refractivity contribution in [2.45, 2.75) is 6.54 Å². The molecular formula is C12H16N4O. The van der Waals surface area contributed by atoms with E-state index in [1.54, 1.807) is 11.8 Å².